The predicted octanol–water partition coefficient (Wildman–Crippen LogP) is 4.33. The van der Waals surface area contributed by atoms with Gasteiger partial charge in [-0.05, 0) is 49.4 Å². The molecule has 0 aliphatic carbocycles. The molecule has 1 aromatic carbocycles. The van der Waals surface area contributed by atoms with E-state index in [2.05, 4.69) is 9.88 Å². The molecule has 10 heteroatoms. The fourth-order valence-electron chi connectivity index (χ4n) is 5.93. The van der Waals surface area contributed by atoms with Crippen molar-refractivity contribution in [2.75, 3.05) is 46.4 Å². The summed E-state index contributed by atoms with van der Waals surface area (Å²) in [6, 6.07) is 10.4. The Morgan fingerprint density at radius 1 is 1.08 bits per heavy atom. The van der Waals surface area contributed by atoms with E-state index in [0.29, 0.717) is 34.4 Å². The number of aromatic nitrogens is 2. The number of hydrogen-bond donors (Lipinski definition) is 0. The van der Waals surface area contributed by atoms with Gasteiger partial charge in [0.2, 0.25) is 0 Å². The molecule has 0 bridgehead atoms. The number of likely N-dealkylation sites (tertiary alicyclic amines) is 2. The number of hydrogen-bond acceptors (Lipinski definition) is 6. The van der Waals surface area contributed by atoms with E-state index in [9.17, 15) is 9.59 Å². The van der Waals surface area contributed by atoms with Crippen molar-refractivity contribution in [1.29, 1.82) is 0 Å². The van der Waals surface area contributed by atoms with Crippen molar-refractivity contribution in [1.82, 2.24) is 24.3 Å². The second-order valence-corrected chi connectivity index (χ2v) is 11.8. The van der Waals surface area contributed by atoms with Crippen LogP contribution in [-0.4, -0.2) is 88.8 Å². The Hall–Kier alpha value is -2.46. The molecule has 3 saturated heterocycles. The first-order chi connectivity index (χ1) is 18.0. The van der Waals surface area contributed by atoms with Gasteiger partial charge in [0.15, 0.2) is 0 Å². The summed E-state index contributed by atoms with van der Waals surface area (Å²) in [5.41, 5.74) is 1.68. The summed E-state index contributed by atoms with van der Waals surface area (Å²) in [6.07, 6.45) is 5.56. The SMILES string of the molecule is CN(C(=O)N1CC[C@H](n2cnc3cc(-c4ccc(Cl)cc4)sc3c2=O)C1)[C@H]1CCN(C2CCOCC2)C1. The van der Waals surface area contributed by atoms with Crippen molar-refractivity contribution in [2.24, 2.45) is 0 Å². The van der Waals surface area contributed by atoms with Gasteiger partial charge in [0.1, 0.15) is 4.70 Å². The van der Waals surface area contributed by atoms with Crippen molar-refractivity contribution < 1.29 is 9.53 Å². The van der Waals surface area contributed by atoms with Gasteiger partial charge in [-0.2, -0.15) is 0 Å². The summed E-state index contributed by atoms with van der Waals surface area (Å²) < 4.78 is 7.88. The Bertz CT molecular complexity index is 1340. The first-order valence-corrected chi connectivity index (χ1v) is 14.3. The highest BCUT2D eigenvalue weighted by Crippen LogP contribution is 2.32. The van der Waals surface area contributed by atoms with Crippen LogP contribution in [0.5, 0.6) is 0 Å². The molecule has 6 rings (SSSR count). The quantitative estimate of drug-likeness (QED) is 0.492. The van der Waals surface area contributed by atoms with E-state index in [0.717, 1.165) is 62.4 Å². The van der Waals surface area contributed by atoms with Gasteiger partial charge in [-0.3, -0.25) is 14.3 Å². The first kappa shape index (κ1) is 24.9. The van der Waals surface area contributed by atoms with E-state index in [1.807, 2.05) is 47.2 Å². The molecule has 0 radical (unpaired) electrons. The maximum absolute atomic E-state index is 13.4. The van der Waals surface area contributed by atoms with Gasteiger partial charge in [-0.25, -0.2) is 9.78 Å². The number of halogens is 1. The number of thiophene rings is 1. The Balaban J connectivity index is 1.12. The minimum Gasteiger partial charge on any atom is -0.381 e. The van der Waals surface area contributed by atoms with E-state index < -0.39 is 0 Å². The Kier molecular flexibility index (Phi) is 6.96. The highest BCUT2D eigenvalue weighted by Gasteiger charge is 2.36. The second-order valence-electron chi connectivity index (χ2n) is 10.4. The molecule has 2 amide bonds. The highest BCUT2D eigenvalue weighted by atomic mass is 35.5. The predicted molar refractivity (Wildman–Crippen MR) is 147 cm³/mol. The highest BCUT2D eigenvalue weighted by molar-refractivity contribution is 7.22. The third-order valence-electron chi connectivity index (χ3n) is 8.17. The topological polar surface area (TPSA) is 70.9 Å². The molecule has 3 fully saturated rings. The number of ether oxygens (including phenoxy) is 1. The smallest absolute Gasteiger partial charge is 0.320 e. The molecule has 3 aliphatic rings. The number of benzene rings is 1. The van der Waals surface area contributed by atoms with Gasteiger partial charge >= 0.3 is 6.03 Å². The maximum atomic E-state index is 13.4. The monoisotopic (exact) mass is 541 g/mol. The number of carbonyl (C=O) groups is 1. The third kappa shape index (κ3) is 4.90. The van der Waals surface area contributed by atoms with Gasteiger partial charge in [0.25, 0.3) is 5.56 Å². The minimum atomic E-state index is -0.0647. The minimum absolute atomic E-state index is 0.0363. The van der Waals surface area contributed by atoms with Crippen molar-refractivity contribution in [3.8, 4) is 10.4 Å². The Morgan fingerprint density at radius 2 is 1.86 bits per heavy atom. The summed E-state index contributed by atoms with van der Waals surface area (Å²) in [7, 11) is 1.93. The summed E-state index contributed by atoms with van der Waals surface area (Å²) >= 11 is 7.48. The molecule has 2 aromatic heterocycles. The Labute approximate surface area is 225 Å². The van der Waals surface area contributed by atoms with Crippen LogP contribution >= 0.6 is 22.9 Å². The van der Waals surface area contributed by atoms with Crippen LogP contribution in [0.3, 0.4) is 0 Å². The average Bonchev–Trinajstić information content (AvgIpc) is 3.69. The fourth-order valence-corrected chi connectivity index (χ4v) is 7.11. The number of carbonyl (C=O) groups excluding carboxylic acids is 1. The van der Waals surface area contributed by atoms with Crippen molar-refractivity contribution in [3.63, 3.8) is 0 Å². The van der Waals surface area contributed by atoms with Crippen LogP contribution in [-0.2, 0) is 4.74 Å². The zero-order chi connectivity index (χ0) is 25.5. The van der Waals surface area contributed by atoms with E-state index in [1.165, 1.54) is 11.3 Å². The number of amides is 2. The van der Waals surface area contributed by atoms with Crippen LogP contribution in [0.1, 0.15) is 31.7 Å². The zero-order valence-corrected chi connectivity index (χ0v) is 22.6. The van der Waals surface area contributed by atoms with Crippen LogP contribution in [0.4, 0.5) is 4.79 Å². The average molecular weight is 542 g/mol. The lowest BCUT2D eigenvalue weighted by atomic mass is 10.1. The molecular formula is C27H32ClN5O3S. The third-order valence-corrected chi connectivity index (χ3v) is 9.58. The molecule has 196 valence electrons. The molecule has 0 N–H and O–H groups in total. The lowest BCUT2D eigenvalue weighted by Gasteiger charge is -2.33. The van der Waals surface area contributed by atoms with Crippen LogP contribution in [0.25, 0.3) is 20.7 Å². The standard InChI is InChI=1S/C27H32ClN5O3S/c1-30(21-6-10-31(15-21)20-8-12-36-13-9-20)27(35)32-11-7-22(16-32)33-17-29-23-14-24(37-25(23)26(33)34)18-2-4-19(28)5-3-18/h2-5,14,17,20-22H,6-13,15-16H2,1H3/t21-,22-/m0/s1. The van der Waals surface area contributed by atoms with Gasteiger partial charge in [-0.15, -0.1) is 11.3 Å². The molecule has 3 aromatic rings. The maximum Gasteiger partial charge on any atom is 0.320 e. The zero-order valence-electron chi connectivity index (χ0n) is 21.0. The van der Waals surface area contributed by atoms with Gasteiger partial charge in [0, 0.05) is 68.4 Å². The number of urea groups is 1. The molecule has 3 aliphatic heterocycles. The lowest BCUT2D eigenvalue weighted by Crippen LogP contribution is -2.47. The molecule has 0 spiro atoms. The summed E-state index contributed by atoms with van der Waals surface area (Å²) in [5, 5.41) is 0.681. The van der Waals surface area contributed by atoms with E-state index in [1.54, 1.807) is 10.9 Å². The van der Waals surface area contributed by atoms with Crippen LogP contribution < -0.4 is 5.56 Å². The van der Waals surface area contributed by atoms with Crippen molar-refractivity contribution in [3.05, 3.63) is 52.0 Å². The fraction of sp³-hybridized carbons (Fsp3) is 0.519. The van der Waals surface area contributed by atoms with Crippen LogP contribution in [0.15, 0.2) is 41.5 Å². The number of fused-ring (bicyclic) bond motifs is 1. The molecule has 8 nitrogen and oxygen atoms in total. The van der Waals surface area contributed by atoms with E-state index in [-0.39, 0.29) is 23.7 Å². The summed E-state index contributed by atoms with van der Waals surface area (Å²) in [4.78, 5) is 38.7. The van der Waals surface area contributed by atoms with Crippen molar-refractivity contribution in [2.45, 2.75) is 43.8 Å². The number of rotatable bonds is 4. The van der Waals surface area contributed by atoms with Crippen LogP contribution in [0.2, 0.25) is 5.02 Å². The summed E-state index contributed by atoms with van der Waals surface area (Å²) in [5.74, 6) is 0. The van der Waals surface area contributed by atoms with Gasteiger partial charge in [-0.1, -0.05) is 23.7 Å². The lowest BCUT2D eigenvalue weighted by molar-refractivity contribution is 0.0402. The van der Waals surface area contributed by atoms with Crippen LogP contribution in [0, 0.1) is 0 Å². The van der Waals surface area contributed by atoms with E-state index in [4.69, 9.17) is 16.3 Å². The normalized spacial score (nSPS) is 23.2. The molecule has 0 unspecified atom stereocenters. The number of likely N-dealkylation sites (N-methyl/N-ethyl adjacent to an activating group) is 1. The van der Waals surface area contributed by atoms with Crippen molar-refractivity contribution >= 4 is 39.2 Å². The molecule has 2 atom stereocenters. The van der Waals surface area contributed by atoms with Gasteiger partial charge in [0.05, 0.1) is 17.9 Å². The molecule has 5 heterocycles. The molecule has 37 heavy (non-hydrogen) atoms. The largest absolute Gasteiger partial charge is 0.381 e. The number of nitrogens with zero attached hydrogens (tertiary/aromatic N) is 5. The molecule has 0 saturated carbocycles. The summed E-state index contributed by atoms with van der Waals surface area (Å²) in [6.45, 7) is 4.82. The Morgan fingerprint density at radius 3 is 2.65 bits per heavy atom. The van der Waals surface area contributed by atoms with Gasteiger partial charge < -0.3 is 14.5 Å². The van der Waals surface area contributed by atoms with E-state index >= 15 is 0 Å². The molecular weight excluding hydrogens is 510 g/mol. The second kappa shape index (κ2) is 10.4. The first-order valence-electron chi connectivity index (χ1n) is 13.1.